The van der Waals surface area contributed by atoms with Gasteiger partial charge in [0.15, 0.2) is 11.6 Å². The summed E-state index contributed by atoms with van der Waals surface area (Å²) in [7, 11) is 0. The Kier molecular flexibility index (Phi) is 3.11. The second-order valence-electron chi connectivity index (χ2n) is 2.75. The highest BCUT2D eigenvalue weighted by Crippen LogP contribution is 2.15. The van der Waals surface area contributed by atoms with Crippen molar-refractivity contribution in [3.8, 4) is 0 Å². The van der Waals surface area contributed by atoms with E-state index in [1.165, 1.54) is 0 Å². The molecule has 0 aliphatic rings. The molecule has 0 unspecified atom stereocenters. The summed E-state index contributed by atoms with van der Waals surface area (Å²) in [6.45, 7) is 0. The lowest BCUT2D eigenvalue weighted by atomic mass is 10.1. The fourth-order valence-corrected chi connectivity index (χ4v) is 0.997. The third kappa shape index (κ3) is 2.48. The molecule has 0 aliphatic heterocycles. The molecule has 0 saturated carbocycles. The summed E-state index contributed by atoms with van der Waals surface area (Å²) in [6.07, 6.45) is -0.472. The van der Waals surface area contributed by atoms with Gasteiger partial charge in [0.2, 0.25) is 0 Å². The van der Waals surface area contributed by atoms with Gasteiger partial charge in [-0.05, 0) is 18.1 Å². The molecule has 76 valence electrons. The van der Waals surface area contributed by atoms with Crippen LogP contribution in [0.15, 0.2) is 12.1 Å². The molecule has 5 heteroatoms. The molecule has 0 atom stereocenters. The van der Waals surface area contributed by atoms with Crippen LogP contribution in [0.4, 0.5) is 13.2 Å². The predicted molar refractivity (Wildman–Crippen MR) is 42.3 cm³/mol. The van der Waals surface area contributed by atoms with Crippen LogP contribution in [0.2, 0.25) is 0 Å². The van der Waals surface area contributed by atoms with Crippen LogP contribution in [0, 0.1) is 17.5 Å². The fourth-order valence-electron chi connectivity index (χ4n) is 0.997. The Bertz CT molecular complexity index is 363. The number of rotatable bonds is 3. The van der Waals surface area contributed by atoms with Crippen molar-refractivity contribution in [2.24, 2.45) is 0 Å². The van der Waals surface area contributed by atoms with Gasteiger partial charge in [-0.15, -0.1) is 0 Å². The Morgan fingerprint density at radius 3 is 2.29 bits per heavy atom. The van der Waals surface area contributed by atoms with Gasteiger partial charge in [0.05, 0.1) is 0 Å². The molecule has 0 spiro atoms. The van der Waals surface area contributed by atoms with E-state index in [-0.39, 0.29) is 18.4 Å². The first-order chi connectivity index (χ1) is 6.50. The highest BCUT2D eigenvalue weighted by Gasteiger charge is 2.10. The molecule has 2 nitrogen and oxygen atoms in total. The van der Waals surface area contributed by atoms with Crippen molar-refractivity contribution < 1.29 is 23.1 Å². The zero-order valence-electron chi connectivity index (χ0n) is 7.06. The van der Waals surface area contributed by atoms with E-state index in [0.717, 1.165) is 0 Å². The molecule has 0 radical (unpaired) electrons. The lowest BCUT2D eigenvalue weighted by molar-refractivity contribution is -0.136. The Hall–Kier alpha value is -1.52. The Morgan fingerprint density at radius 2 is 1.71 bits per heavy atom. The lowest BCUT2D eigenvalue weighted by Crippen LogP contribution is -2.01. The molecule has 0 bridgehead atoms. The second kappa shape index (κ2) is 4.13. The van der Waals surface area contributed by atoms with Gasteiger partial charge in [-0.1, -0.05) is 0 Å². The summed E-state index contributed by atoms with van der Waals surface area (Å²) in [6, 6.07) is 1.08. The molecule has 1 aromatic rings. The number of carboxylic acids is 1. The van der Waals surface area contributed by atoms with Crippen molar-refractivity contribution in [3.63, 3.8) is 0 Å². The maximum absolute atomic E-state index is 12.9. The summed E-state index contributed by atoms with van der Waals surface area (Å²) in [5.74, 6) is -4.49. The van der Waals surface area contributed by atoms with E-state index in [9.17, 15) is 18.0 Å². The molecule has 0 aliphatic carbocycles. The van der Waals surface area contributed by atoms with Crippen molar-refractivity contribution in [2.75, 3.05) is 0 Å². The van der Waals surface area contributed by atoms with Gasteiger partial charge in [0.1, 0.15) is 5.82 Å². The van der Waals surface area contributed by atoms with Crippen molar-refractivity contribution in [1.82, 2.24) is 0 Å². The second-order valence-corrected chi connectivity index (χ2v) is 2.75. The van der Waals surface area contributed by atoms with Gasteiger partial charge in [-0.25, -0.2) is 13.2 Å². The molecule has 0 fully saturated rings. The Morgan fingerprint density at radius 1 is 1.14 bits per heavy atom. The van der Waals surface area contributed by atoms with Crippen LogP contribution in [0.3, 0.4) is 0 Å². The Balaban J connectivity index is 2.87. The molecule has 0 amide bonds. The summed E-state index contributed by atoms with van der Waals surface area (Å²) in [4.78, 5) is 10.1. The monoisotopic (exact) mass is 204 g/mol. The molecular formula is C9H7F3O2. The minimum absolute atomic E-state index is 0.133. The van der Waals surface area contributed by atoms with E-state index in [4.69, 9.17) is 5.11 Å². The van der Waals surface area contributed by atoms with Crippen LogP contribution < -0.4 is 0 Å². The maximum Gasteiger partial charge on any atom is 0.303 e. The van der Waals surface area contributed by atoms with E-state index >= 15 is 0 Å². The van der Waals surface area contributed by atoms with Gasteiger partial charge in [0, 0.05) is 12.5 Å². The first-order valence-electron chi connectivity index (χ1n) is 3.86. The lowest BCUT2D eigenvalue weighted by Gasteiger charge is -2.01. The average molecular weight is 204 g/mol. The van der Waals surface area contributed by atoms with Crippen molar-refractivity contribution in [2.45, 2.75) is 12.8 Å². The molecule has 1 rings (SSSR count). The van der Waals surface area contributed by atoms with Gasteiger partial charge in [-0.3, -0.25) is 4.79 Å². The minimum atomic E-state index is -1.28. The first-order valence-corrected chi connectivity index (χ1v) is 3.86. The molecule has 1 N–H and O–H groups in total. The van der Waals surface area contributed by atoms with Gasteiger partial charge < -0.3 is 5.11 Å². The van der Waals surface area contributed by atoms with Crippen LogP contribution in [0.1, 0.15) is 12.0 Å². The number of halogens is 3. The van der Waals surface area contributed by atoms with Crippen molar-refractivity contribution in [1.29, 1.82) is 0 Å². The minimum Gasteiger partial charge on any atom is -0.481 e. The fraction of sp³-hybridized carbons (Fsp3) is 0.222. The van der Waals surface area contributed by atoms with Crippen LogP contribution in [0.5, 0.6) is 0 Å². The average Bonchev–Trinajstić information content (AvgIpc) is 2.09. The number of hydrogen-bond donors (Lipinski definition) is 1. The molecular weight excluding hydrogens is 197 g/mol. The van der Waals surface area contributed by atoms with E-state index in [0.29, 0.717) is 12.1 Å². The smallest absolute Gasteiger partial charge is 0.303 e. The van der Waals surface area contributed by atoms with Crippen LogP contribution in [0.25, 0.3) is 0 Å². The van der Waals surface area contributed by atoms with Crippen LogP contribution in [-0.2, 0) is 11.2 Å². The van der Waals surface area contributed by atoms with Gasteiger partial charge in [-0.2, -0.15) is 0 Å². The highest BCUT2D eigenvalue weighted by atomic mass is 19.2. The van der Waals surface area contributed by atoms with Gasteiger partial charge >= 0.3 is 5.97 Å². The number of benzene rings is 1. The number of carboxylic acid groups (broad SMARTS) is 1. The van der Waals surface area contributed by atoms with Crippen molar-refractivity contribution >= 4 is 5.97 Å². The summed E-state index contributed by atoms with van der Waals surface area (Å²) in [5.41, 5.74) is -0.133. The first kappa shape index (κ1) is 10.6. The third-order valence-electron chi connectivity index (χ3n) is 1.70. The topological polar surface area (TPSA) is 37.3 Å². The summed E-state index contributed by atoms with van der Waals surface area (Å²) < 4.78 is 37.9. The van der Waals surface area contributed by atoms with E-state index in [1.807, 2.05) is 0 Å². The molecule has 0 heterocycles. The van der Waals surface area contributed by atoms with Crippen LogP contribution >= 0.6 is 0 Å². The molecule has 1 aromatic carbocycles. The number of aliphatic carboxylic acids is 1. The van der Waals surface area contributed by atoms with Gasteiger partial charge in [0.25, 0.3) is 0 Å². The van der Waals surface area contributed by atoms with E-state index in [2.05, 4.69) is 0 Å². The predicted octanol–water partition coefficient (Wildman–Crippen LogP) is 2.12. The number of hydrogen-bond acceptors (Lipinski definition) is 1. The zero-order valence-corrected chi connectivity index (χ0v) is 7.06. The third-order valence-corrected chi connectivity index (χ3v) is 1.70. The van der Waals surface area contributed by atoms with Crippen molar-refractivity contribution in [3.05, 3.63) is 35.1 Å². The molecule has 0 aromatic heterocycles. The zero-order chi connectivity index (χ0) is 10.7. The summed E-state index contributed by atoms with van der Waals surface area (Å²) in [5, 5.41) is 8.30. The quantitative estimate of drug-likeness (QED) is 0.765. The summed E-state index contributed by atoms with van der Waals surface area (Å²) >= 11 is 0. The SMILES string of the molecule is O=C(O)CCc1cc(F)c(F)cc1F. The molecule has 14 heavy (non-hydrogen) atoms. The van der Waals surface area contributed by atoms with E-state index in [1.54, 1.807) is 0 Å². The normalized spacial score (nSPS) is 10.2. The standard InChI is InChI=1S/C9H7F3O2/c10-6-4-8(12)7(11)3-5(6)1-2-9(13)14/h3-4H,1-2H2,(H,13,14). The maximum atomic E-state index is 12.9. The molecule has 0 saturated heterocycles. The highest BCUT2D eigenvalue weighted by molar-refractivity contribution is 5.67. The Labute approximate surface area is 78.0 Å². The number of carbonyl (C=O) groups is 1. The van der Waals surface area contributed by atoms with Crippen LogP contribution in [-0.4, -0.2) is 11.1 Å². The van der Waals surface area contributed by atoms with E-state index < -0.39 is 23.4 Å². The number of aryl methyl sites for hydroxylation is 1. The largest absolute Gasteiger partial charge is 0.481 e.